The van der Waals surface area contributed by atoms with Gasteiger partial charge in [0.2, 0.25) is 0 Å². The lowest BCUT2D eigenvalue weighted by Crippen LogP contribution is -2.16. The average molecular weight is 449 g/mol. The number of aromatic nitrogens is 4. The highest BCUT2D eigenvalue weighted by Gasteiger charge is 2.14. The fraction of sp³-hybridized carbons (Fsp3) is 0.200. The summed E-state index contributed by atoms with van der Waals surface area (Å²) in [5.74, 6) is 0. The van der Waals surface area contributed by atoms with Gasteiger partial charge in [0.05, 0.1) is 0 Å². The normalized spacial score (nSPS) is 12.7. The Bertz CT molecular complexity index is 1710. The highest BCUT2D eigenvalue weighted by atomic mass is 14.8. The van der Waals surface area contributed by atoms with Gasteiger partial charge in [-0.3, -0.25) is 0 Å². The van der Waals surface area contributed by atoms with Crippen LogP contribution in [0.15, 0.2) is 25.3 Å². The molecule has 1 aliphatic heterocycles. The van der Waals surface area contributed by atoms with Crippen LogP contribution < -0.4 is 21.4 Å². The minimum Gasteiger partial charge on any atom is -0.355 e. The first kappa shape index (κ1) is 21.9. The summed E-state index contributed by atoms with van der Waals surface area (Å²) < 4.78 is 0. The Morgan fingerprint density at radius 3 is 2.18 bits per heavy atom. The Kier molecular flexibility index (Phi) is 5.24. The van der Waals surface area contributed by atoms with Gasteiger partial charge in [0.15, 0.2) is 0 Å². The van der Waals surface area contributed by atoms with Gasteiger partial charge in [-0.15, -0.1) is 0 Å². The second-order valence-electron chi connectivity index (χ2n) is 9.22. The van der Waals surface area contributed by atoms with Gasteiger partial charge < -0.3 is 19.9 Å². The molecule has 0 atom stereocenters. The van der Waals surface area contributed by atoms with Crippen LogP contribution in [0.2, 0.25) is 0 Å². The van der Waals surface area contributed by atoms with Gasteiger partial charge in [0, 0.05) is 55.3 Å². The fourth-order valence-electron chi connectivity index (χ4n) is 5.22. The quantitative estimate of drug-likeness (QED) is 0.367. The van der Waals surface area contributed by atoms with Crippen molar-refractivity contribution < 1.29 is 0 Å². The second-order valence-corrected chi connectivity index (χ2v) is 9.22. The highest BCUT2D eigenvalue weighted by molar-refractivity contribution is 5.73. The Morgan fingerprint density at radius 1 is 0.735 bits per heavy atom. The van der Waals surface area contributed by atoms with Gasteiger partial charge in [0.1, 0.15) is 0 Å². The second kappa shape index (κ2) is 8.14. The van der Waals surface area contributed by atoms with Crippen LogP contribution in [-0.4, -0.2) is 19.9 Å². The van der Waals surface area contributed by atoms with Gasteiger partial charge in [-0.2, -0.15) is 0 Å². The third kappa shape index (κ3) is 3.38. The maximum Gasteiger partial charge on any atom is 0.0482 e. The summed E-state index contributed by atoms with van der Waals surface area (Å²) in [4.78, 5) is 14.6. The summed E-state index contributed by atoms with van der Waals surface area (Å²) in [5, 5.41) is 4.37. The van der Waals surface area contributed by atoms with Gasteiger partial charge in [-0.1, -0.05) is 32.2 Å². The molecule has 0 unspecified atom stereocenters. The van der Waals surface area contributed by atoms with Gasteiger partial charge >= 0.3 is 0 Å². The predicted molar refractivity (Wildman–Crippen MR) is 144 cm³/mol. The van der Waals surface area contributed by atoms with E-state index in [-0.39, 0.29) is 0 Å². The predicted octanol–water partition coefficient (Wildman–Crippen LogP) is 3.93. The SMILES string of the molecule is C=Cc1c2[nH]c(c1C)C=c1[nH]c(c(C)c1C=C)=C(CC)c1[nH]c(cc1C)C=c1cc(C)c([nH]1)=C2. The largest absolute Gasteiger partial charge is 0.355 e. The van der Waals surface area contributed by atoms with Gasteiger partial charge in [0.25, 0.3) is 0 Å². The molecule has 5 rings (SSSR count). The van der Waals surface area contributed by atoms with Crippen LogP contribution >= 0.6 is 0 Å². The van der Waals surface area contributed by atoms with E-state index in [0.29, 0.717) is 0 Å². The molecule has 34 heavy (non-hydrogen) atoms. The van der Waals surface area contributed by atoms with Crippen molar-refractivity contribution in [1.29, 1.82) is 0 Å². The molecule has 0 spiro atoms. The van der Waals surface area contributed by atoms with E-state index >= 15 is 0 Å². The molecule has 0 aromatic carbocycles. The zero-order valence-corrected chi connectivity index (χ0v) is 20.7. The van der Waals surface area contributed by atoms with Crippen LogP contribution in [0.25, 0.3) is 36.0 Å². The maximum atomic E-state index is 4.12. The molecule has 4 heteroatoms. The van der Waals surface area contributed by atoms with Crippen LogP contribution in [-0.2, 0) is 0 Å². The molecule has 1 aliphatic rings. The molecule has 172 valence electrons. The summed E-state index contributed by atoms with van der Waals surface area (Å²) in [6.45, 7) is 19.0. The van der Waals surface area contributed by atoms with E-state index in [1.54, 1.807) is 0 Å². The summed E-state index contributed by atoms with van der Waals surface area (Å²) >= 11 is 0. The molecule has 0 aliphatic carbocycles. The van der Waals surface area contributed by atoms with Crippen LogP contribution in [0.1, 0.15) is 69.5 Å². The highest BCUT2D eigenvalue weighted by Crippen LogP contribution is 2.22. The molecule has 8 bridgehead atoms. The Hall–Kier alpha value is -3.92. The lowest BCUT2D eigenvalue weighted by atomic mass is 10.0. The molecule has 4 nitrogen and oxygen atoms in total. The van der Waals surface area contributed by atoms with Gasteiger partial charge in [-0.25, -0.2) is 0 Å². The molecule has 0 saturated carbocycles. The van der Waals surface area contributed by atoms with E-state index in [1.807, 2.05) is 12.2 Å². The number of rotatable bonds is 3. The topological polar surface area (TPSA) is 63.2 Å². The van der Waals surface area contributed by atoms with Crippen molar-refractivity contribution in [2.75, 3.05) is 0 Å². The number of fused-ring (bicyclic) bond motifs is 8. The van der Waals surface area contributed by atoms with Crippen LogP contribution in [0.5, 0.6) is 0 Å². The van der Waals surface area contributed by atoms with E-state index < -0.39 is 0 Å². The van der Waals surface area contributed by atoms with Crippen molar-refractivity contribution >= 4 is 36.0 Å². The Balaban J connectivity index is 1.98. The lowest BCUT2D eigenvalue weighted by molar-refractivity contribution is 1.12. The Labute approximate surface area is 199 Å². The van der Waals surface area contributed by atoms with E-state index in [1.165, 1.54) is 33.5 Å². The molecule has 0 amide bonds. The number of H-pyrrole nitrogens is 4. The minimum absolute atomic E-state index is 0.908. The summed E-state index contributed by atoms with van der Waals surface area (Å²) in [7, 11) is 0. The van der Waals surface area contributed by atoms with E-state index in [0.717, 1.165) is 56.0 Å². The zero-order chi connectivity index (χ0) is 24.1. The number of hydrogen-bond acceptors (Lipinski definition) is 0. The molecule has 0 radical (unpaired) electrons. The van der Waals surface area contributed by atoms with Crippen molar-refractivity contribution in [3.63, 3.8) is 0 Å². The number of aromatic amines is 4. The summed E-state index contributed by atoms with van der Waals surface area (Å²) in [6, 6.07) is 4.41. The van der Waals surface area contributed by atoms with Crippen LogP contribution in [0, 0.1) is 27.7 Å². The Morgan fingerprint density at radius 2 is 1.47 bits per heavy atom. The first-order valence-electron chi connectivity index (χ1n) is 11.8. The number of aryl methyl sites for hydroxylation is 2. The van der Waals surface area contributed by atoms with Crippen molar-refractivity contribution in [3.05, 3.63) is 103 Å². The zero-order valence-electron chi connectivity index (χ0n) is 20.7. The number of hydrogen-bond donors (Lipinski definition) is 4. The minimum atomic E-state index is 0.908. The molecule has 4 N–H and O–H groups in total. The van der Waals surface area contributed by atoms with Crippen molar-refractivity contribution in [1.82, 2.24) is 19.9 Å². The average Bonchev–Trinajstić information content (AvgIpc) is 3.50. The first-order chi connectivity index (χ1) is 16.3. The smallest absolute Gasteiger partial charge is 0.0482 e. The van der Waals surface area contributed by atoms with Crippen LogP contribution in [0.3, 0.4) is 0 Å². The number of nitrogens with one attached hydrogen (secondary N) is 4. The monoisotopic (exact) mass is 448 g/mol. The molecule has 0 fully saturated rings. The fourth-order valence-corrected chi connectivity index (χ4v) is 5.22. The van der Waals surface area contributed by atoms with Crippen molar-refractivity contribution in [3.8, 4) is 0 Å². The molecular weight excluding hydrogens is 416 g/mol. The summed E-state index contributed by atoms with van der Waals surface area (Å²) in [5.41, 5.74) is 12.7. The van der Waals surface area contributed by atoms with E-state index in [9.17, 15) is 0 Å². The lowest BCUT2D eigenvalue weighted by Gasteiger charge is -2.04. The molecule has 5 heterocycles. The third-order valence-corrected chi connectivity index (χ3v) is 7.06. The van der Waals surface area contributed by atoms with Gasteiger partial charge in [-0.05, 0) is 92.3 Å². The van der Waals surface area contributed by atoms with E-state index in [4.69, 9.17) is 0 Å². The first-order valence-corrected chi connectivity index (χ1v) is 11.8. The van der Waals surface area contributed by atoms with Crippen LogP contribution in [0.4, 0.5) is 0 Å². The molecule has 4 aromatic heterocycles. The molecule has 4 aromatic rings. The third-order valence-electron chi connectivity index (χ3n) is 7.06. The summed E-state index contributed by atoms with van der Waals surface area (Å²) in [6.07, 6.45) is 11.3. The van der Waals surface area contributed by atoms with Crippen molar-refractivity contribution in [2.45, 2.75) is 41.0 Å². The standard InChI is InChI=1S/C30H32N4/c1-8-22-18(6)26-15-28-23(9-2)19(7)30(34-28)24(10-3)29-17(5)12-21(32-29)13-20-11-16(4)25(31-20)14-27(22)33-26/h8-9,11-15,31-34H,1-2,10H2,3-7H3. The molecular formula is C30H32N4. The molecule has 0 saturated heterocycles. The van der Waals surface area contributed by atoms with Crippen molar-refractivity contribution in [2.24, 2.45) is 0 Å². The van der Waals surface area contributed by atoms with E-state index in [2.05, 4.69) is 98.1 Å². The maximum absolute atomic E-state index is 4.12.